The average Bonchev–Trinajstić information content (AvgIpc) is 3.04. The number of carbonyl (C=O) groups excluding carboxylic acids is 2. The molecule has 4 rings (SSSR count). The lowest BCUT2D eigenvalue weighted by atomic mass is 9.77. The number of anilines is 1. The molecule has 8 nitrogen and oxygen atoms in total. The van der Waals surface area contributed by atoms with Gasteiger partial charge in [-0.25, -0.2) is 0 Å². The molecule has 0 bridgehead atoms. The van der Waals surface area contributed by atoms with E-state index in [9.17, 15) is 14.7 Å². The predicted molar refractivity (Wildman–Crippen MR) is 98.0 cm³/mol. The number of nitrogens with zero attached hydrogens (tertiary/aromatic N) is 3. The molecule has 2 N–H and O–H groups in total. The number of oxime groups is 1. The van der Waals surface area contributed by atoms with Crippen molar-refractivity contribution in [3.8, 4) is 0 Å². The number of likely N-dealkylation sites (tertiary alicyclic amines) is 1. The van der Waals surface area contributed by atoms with Crippen LogP contribution in [0.1, 0.15) is 44.9 Å². The van der Waals surface area contributed by atoms with Crippen LogP contribution in [0.5, 0.6) is 0 Å². The summed E-state index contributed by atoms with van der Waals surface area (Å²) in [5.74, 6) is -0.361. The van der Waals surface area contributed by atoms with E-state index in [4.69, 9.17) is 4.84 Å². The van der Waals surface area contributed by atoms with Gasteiger partial charge in [-0.1, -0.05) is 5.16 Å². The van der Waals surface area contributed by atoms with Crippen LogP contribution in [0, 0.1) is 0 Å². The average molecular weight is 372 g/mol. The molecule has 3 heterocycles. The van der Waals surface area contributed by atoms with Gasteiger partial charge in [0.25, 0.3) is 5.91 Å². The maximum absolute atomic E-state index is 12.6. The van der Waals surface area contributed by atoms with Crippen LogP contribution < -0.4 is 5.32 Å². The number of hydrogen-bond donors (Lipinski definition) is 2. The second-order valence-electron chi connectivity index (χ2n) is 7.86. The standard InChI is InChI=1S/C19H24N4O4/c24-16(11-18(26)5-2-6-18)23-9-3-7-19(13-23)10-15(22-27-19)17(25)21-14-4-1-8-20-12-14/h1,4,8,12,26H,2-3,5-7,9-11,13H2,(H,21,25). The van der Waals surface area contributed by atoms with Gasteiger partial charge in [-0.3, -0.25) is 14.6 Å². The SMILES string of the molecule is O=C(Nc1cccnc1)C1=NOC2(CCCN(C(=O)CC3(O)CCC3)C2)C1. The minimum absolute atomic E-state index is 0.0480. The molecule has 1 spiro atoms. The topological polar surface area (TPSA) is 104 Å². The Kier molecular flexibility index (Phi) is 4.59. The number of carbonyl (C=O) groups is 2. The number of amides is 2. The molecular formula is C19H24N4O4. The fourth-order valence-electron chi connectivity index (χ4n) is 3.97. The zero-order chi connectivity index (χ0) is 18.9. The first-order valence-electron chi connectivity index (χ1n) is 9.44. The normalized spacial score (nSPS) is 26.1. The van der Waals surface area contributed by atoms with E-state index in [0.717, 1.165) is 19.3 Å². The van der Waals surface area contributed by atoms with Crippen LogP contribution in [0.4, 0.5) is 5.69 Å². The van der Waals surface area contributed by atoms with Crippen molar-refractivity contribution in [1.29, 1.82) is 0 Å². The van der Waals surface area contributed by atoms with E-state index in [2.05, 4.69) is 15.5 Å². The first-order valence-corrected chi connectivity index (χ1v) is 9.44. The van der Waals surface area contributed by atoms with Gasteiger partial charge in [0, 0.05) is 19.2 Å². The quantitative estimate of drug-likeness (QED) is 0.833. The summed E-state index contributed by atoms with van der Waals surface area (Å²) in [5.41, 5.74) is -0.549. The van der Waals surface area contributed by atoms with Crippen molar-refractivity contribution in [3.63, 3.8) is 0 Å². The summed E-state index contributed by atoms with van der Waals surface area (Å²) in [6.45, 7) is 1.05. The van der Waals surface area contributed by atoms with Crippen molar-refractivity contribution >= 4 is 23.2 Å². The zero-order valence-electron chi connectivity index (χ0n) is 15.2. The number of aliphatic hydroxyl groups is 1. The molecule has 27 heavy (non-hydrogen) atoms. The smallest absolute Gasteiger partial charge is 0.273 e. The molecule has 1 saturated carbocycles. The van der Waals surface area contributed by atoms with Gasteiger partial charge in [0.05, 0.1) is 30.5 Å². The van der Waals surface area contributed by atoms with Crippen LogP contribution >= 0.6 is 0 Å². The molecule has 1 aliphatic carbocycles. The number of piperidine rings is 1. The number of hydrogen-bond acceptors (Lipinski definition) is 6. The monoisotopic (exact) mass is 372 g/mol. The first-order chi connectivity index (χ1) is 13.0. The Labute approximate surface area is 157 Å². The molecular weight excluding hydrogens is 348 g/mol. The molecule has 3 aliphatic rings. The van der Waals surface area contributed by atoms with Crippen LogP contribution in [0.25, 0.3) is 0 Å². The van der Waals surface area contributed by atoms with Crippen LogP contribution in [0.15, 0.2) is 29.7 Å². The second-order valence-corrected chi connectivity index (χ2v) is 7.86. The molecule has 2 aliphatic heterocycles. The molecule has 2 fully saturated rings. The van der Waals surface area contributed by atoms with Gasteiger partial charge >= 0.3 is 0 Å². The largest absolute Gasteiger partial charge is 0.389 e. The number of pyridine rings is 1. The Morgan fingerprint density at radius 1 is 1.30 bits per heavy atom. The summed E-state index contributed by atoms with van der Waals surface area (Å²) >= 11 is 0. The summed E-state index contributed by atoms with van der Waals surface area (Å²) in [6, 6.07) is 3.49. The van der Waals surface area contributed by atoms with Crippen LogP contribution in [0.3, 0.4) is 0 Å². The second kappa shape index (κ2) is 6.92. The lowest BCUT2D eigenvalue weighted by molar-refractivity contribution is -0.149. The minimum atomic E-state index is -0.830. The highest BCUT2D eigenvalue weighted by Gasteiger charge is 2.46. The van der Waals surface area contributed by atoms with E-state index >= 15 is 0 Å². The van der Waals surface area contributed by atoms with Crippen molar-refractivity contribution in [2.45, 2.75) is 56.1 Å². The number of rotatable bonds is 4. The number of aromatic nitrogens is 1. The molecule has 1 unspecified atom stereocenters. The van der Waals surface area contributed by atoms with E-state index in [1.165, 1.54) is 0 Å². The highest BCUT2D eigenvalue weighted by atomic mass is 16.7. The highest BCUT2D eigenvalue weighted by molar-refractivity contribution is 6.43. The minimum Gasteiger partial charge on any atom is -0.389 e. The molecule has 0 aromatic carbocycles. The van der Waals surface area contributed by atoms with Crippen molar-refractivity contribution in [2.24, 2.45) is 5.16 Å². The molecule has 1 atom stereocenters. The van der Waals surface area contributed by atoms with E-state index in [1.54, 1.807) is 29.4 Å². The lowest BCUT2D eigenvalue weighted by Crippen LogP contribution is -2.53. The molecule has 144 valence electrons. The fourth-order valence-corrected chi connectivity index (χ4v) is 3.97. The van der Waals surface area contributed by atoms with Gasteiger partial charge in [0.2, 0.25) is 5.91 Å². The zero-order valence-corrected chi connectivity index (χ0v) is 15.2. The third-order valence-corrected chi connectivity index (χ3v) is 5.68. The predicted octanol–water partition coefficient (Wildman–Crippen LogP) is 1.46. The Balaban J connectivity index is 1.35. The lowest BCUT2D eigenvalue weighted by Gasteiger charge is -2.41. The van der Waals surface area contributed by atoms with Gasteiger partial charge in [-0.2, -0.15) is 0 Å². The maximum atomic E-state index is 12.6. The molecule has 1 aromatic rings. The summed E-state index contributed by atoms with van der Waals surface area (Å²) in [6.07, 6.45) is 7.62. The van der Waals surface area contributed by atoms with Crippen molar-refractivity contribution in [1.82, 2.24) is 9.88 Å². The van der Waals surface area contributed by atoms with Gasteiger partial charge in [0.15, 0.2) is 5.60 Å². The van der Waals surface area contributed by atoms with E-state index in [-0.39, 0.29) is 18.2 Å². The summed E-state index contributed by atoms with van der Waals surface area (Å²) in [7, 11) is 0. The van der Waals surface area contributed by atoms with Crippen LogP contribution in [-0.2, 0) is 14.4 Å². The fraction of sp³-hybridized carbons (Fsp3) is 0.579. The van der Waals surface area contributed by atoms with E-state index in [1.807, 2.05) is 0 Å². The van der Waals surface area contributed by atoms with Gasteiger partial charge in [-0.15, -0.1) is 0 Å². The van der Waals surface area contributed by atoms with Crippen molar-refractivity contribution < 1.29 is 19.5 Å². The van der Waals surface area contributed by atoms with E-state index < -0.39 is 11.2 Å². The Morgan fingerprint density at radius 2 is 2.15 bits per heavy atom. The molecule has 1 saturated heterocycles. The summed E-state index contributed by atoms with van der Waals surface area (Å²) < 4.78 is 0. The highest BCUT2D eigenvalue weighted by Crippen LogP contribution is 2.37. The Hall–Kier alpha value is -2.48. The molecule has 2 amide bonds. The first kappa shape index (κ1) is 17.9. The van der Waals surface area contributed by atoms with E-state index in [0.29, 0.717) is 43.8 Å². The van der Waals surface area contributed by atoms with Gasteiger partial charge < -0.3 is 20.2 Å². The van der Waals surface area contributed by atoms with Crippen molar-refractivity contribution in [2.75, 3.05) is 18.4 Å². The van der Waals surface area contributed by atoms with Crippen LogP contribution in [-0.4, -0.2) is 56.8 Å². The third kappa shape index (κ3) is 3.80. The van der Waals surface area contributed by atoms with Crippen molar-refractivity contribution in [3.05, 3.63) is 24.5 Å². The molecule has 0 radical (unpaired) electrons. The Morgan fingerprint density at radius 3 is 2.85 bits per heavy atom. The van der Waals surface area contributed by atoms with Gasteiger partial charge in [-0.05, 0) is 44.2 Å². The maximum Gasteiger partial charge on any atom is 0.273 e. The number of nitrogens with one attached hydrogen (secondary N) is 1. The Bertz CT molecular complexity index is 762. The van der Waals surface area contributed by atoms with Crippen LogP contribution in [0.2, 0.25) is 0 Å². The summed E-state index contributed by atoms with van der Waals surface area (Å²) in [4.78, 5) is 36.4. The molecule has 8 heteroatoms. The van der Waals surface area contributed by atoms with Gasteiger partial charge in [0.1, 0.15) is 5.71 Å². The third-order valence-electron chi connectivity index (χ3n) is 5.68. The summed E-state index contributed by atoms with van der Waals surface area (Å²) in [5, 5.41) is 17.0. The molecule has 1 aromatic heterocycles.